The number of esters is 1. The van der Waals surface area contributed by atoms with E-state index in [4.69, 9.17) is 9.47 Å². The number of hydrogen-bond acceptors (Lipinski definition) is 5. The summed E-state index contributed by atoms with van der Waals surface area (Å²) in [4.78, 5) is 14.6. The molecule has 0 aromatic rings. The van der Waals surface area contributed by atoms with Crippen LogP contribution >= 0.6 is 0 Å². The molecule has 2 atom stereocenters. The molecule has 2 rings (SSSR count). The van der Waals surface area contributed by atoms with E-state index >= 15 is 0 Å². The van der Waals surface area contributed by atoms with Crippen LogP contribution in [0.5, 0.6) is 0 Å². The van der Waals surface area contributed by atoms with Gasteiger partial charge in [-0.3, -0.25) is 9.69 Å². The summed E-state index contributed by atoms with van der Waals surface area (Å²) in [5.74, 6) is -0.120. The van der Waals surface area contributed by atoms with Crippen molar-refractivity contribution >= 4 is 5.97 Å². The molecule has 0 bridgehead atoms. The van der Waals surface area contributed by atoms with Crippen LogP contribution in [0.2, 0.25) is 0 Å². The summed E-state index contributed by atoms with van der Waals surface area (Å²) in [7, 11) is 3.34. The van der Waals surface area contributed by atoms with Crippen molar-refractivity contribution in [2.75, 3.05) is 40.5 Å². The molecule has 2 fully saturated rings. The third-order valence-corrected chi connectivity index (χ3v) is 4.55. The van der Waals surface area contributed by atoms with Crippen molar-refractivity contribution in [1.82, 2.24) is 10.2 Å². The lowest BCUT2D eigenvalue weighted by molar-refractivity contribution is -0.151. The first-order chi connectivity index (χ1) is 9.22. The van der Waals surface area contributed by atoms with E-state index in [1.54, 1.807) is 0 Å². The summed E-state index contributed by atoms with van der Waals surface area (Å²) >= 11 is 0. The summed E-state index contributed by atoms with van der Waals surface area (Å²) in [6.45, 7) is 3.72. The van der Waals surface area contributed by atoms with Gasteiger partial charge in [0, 0.05) is 25.7 Å². The van der Waals surface area contributed by atoms with Crippen LogP contribution in [0.15, 0.2) is 0 Å². The third-order valence-electron chi connectivity index (χ3n) is 4.55. The maximum atomic E-state index is 12.1. The molecule has 0 radical (unpaired) electrons. The molecule has 110 valence electrons. The van der Waals surface area contributed by atoms with Gasteiger partial charge < -0.3 is 14.8 Å². The van der Waals surface area contributed by atoms with E-state index in [2.05, 4.69) is 10.2 Å². The Hall–Kier alpha value is -0.650. The number of hydrogen-bond donors (Lipinski definition) is 1. The summed E-state index contributed by atoms with van der Waals surface area (Å²) in [5, 5.41) is 3.22. The first kappa shape index (κ1) is 14.8. The fourth-order valence-corrected chi connectivity index (χ4v) is 3.40. The van der Waals surface area contributed by atoms with Gasteiger partial charge in [-0.2, -0.15) is 0 Å². The Balaban J connectivity index is 2.04. The molecule has 0 amide bonds. The molecule has 5 nitrogen and oxygen atoms in total. The van der Waals surface area contributed by atoms with Gasteiger partial charge in [0.1, 0.15) is 5.54 Å². The minimum absolute atomic E-state index is 0.120. The molecule has 1 aliphatic carbocycles. The minimum atomic E-state index is -0.495. The smallest absolute Gasteiger partial charge is 0.326 e. The van der Waals surface area contributed by atoms with Gasteiger partial charge in [-0.05, 0) is 39.2 Å². The Kier molecular flexibility index (Phi) is 5.19. The summed E-state index contributed by atoms with van der Waals surface area (Å²) < 4.78 is 10.5. The van der Waals surface area contributed by atoms with Gasteiger partial charge in [-0.15, -0.1) is 0 Å². The fraction of sp³-hybridized carbons (Fsp3) is 0.929. The highest BCUT2D eigenvalue weighted by Gasteiger charge is 2.43. The van der Waals surface area contributed by atoms with Crippen LogP contribution in [0.3, 0.4) is 0 Å². The zero-order valence-electron chi connectivity index (χ0n) is 12.1. The van der Waals surface area contributed by atoms with Gasteiger partial charge in [0.25, 0.3) is 0 Å². The zero-order chi connectivity index (χ0) is 13.7. The zero-order valence-corrected chi connectivity index (χ0v) is 12.1. The number of nitrogens with zero attached hydrogens (tertiary/aromatic N) is 1. The average Bonchev–Trinajstić information content (AvgIpc) is 2.75. The molecule has 1 N–H and O–H groups in total. The molecule has 2 aliphatic rings. The van der Waals surface area contributed by atoms with E-state index in [9.17, 15) is 4.79 Å². The highest BCUT2D eigenvalue weighted by atomic mass is 16.5. The summed E-state index contributed by atoms with van der Waals surface area (Å²) in [5.41, 5.74) is -0.495. The number of rotatable bonds is 3. The van der Waals surface area contributed by atoms with Crippen molar-refractivity contribution < 1.29 is 14.3 Å². The van der Waals surface area contributed by atoms with E-state index in [0.717, 1.165) is 52.0 Å². The second kappa shape index (κ2) is 6.68. The first-order valence-electron chi connectivity index (χ1n) is 7.31. The van der Waals surface area contributed by atoms with Crippen molar-refractivity contribution in [2.45, 2.75) is 43.7 Å². The number of likely N-dealkylation sites (N-methyl/N-ethyl adjacent to an activating group) is 1. The van der Waals surface area contributed by atoms with Crippen molar-refractivity contribution in [3.05, 3.63) is 0 Å². The quantitative estimate of drug-likeness (QED) is 0.768. The topological polar surface area (TPSA) is 50.8 Å². The molecule has 1 aliphatic heterocycles. The number of carbonyl (C=O) groups excluding carboxylic acids is 1. The number of carbonyl (C=O) groups is 1. The SMILES string of the molecule is CNC1(C(=O)OC)CCCC(N2CCCOCC2)C1. The monoisotopic (exact) mass is 270 g/mol. The molecule has 1 heterocycles. The van der Waals surface area contributed by atoms with E-state index in [0.29, 0.717) is 6.04 Å². The van der Waals surface area contributed by atoms with Crippen LogP contribution in [0, 0.1) is 0 Å². The summed E-state index contributed by atoms with van der Waals surface area (Å²) in [6, 6.07) is 0.460. The van der Waals surface area contributed by atoms with Gasteiger partial charge >= 0.3 is 5.97 Å². The molecule has 0 spiro atoms. The van der Waals surface area contributed by atoms with Crippen LogP contribution in [-0.4, -0.2) is 62.9 Å². The normalized spacial score (nSPS) is 33.7. The van der Waals surface area contributed by atoms with Gasteiger partial charge in [0.2, 0.25) is 0 Å². The highest BCUT2D eigenvalue weighted by molar-refractivity contribution is 5.81. The second-order valence-electron chi connectivity index (χ2n) is 5.58. The van der Waals surface area contributed by atoms with Gasteiger partial charge in [-0.1, -0.05) is 0 Å². The lowest BCUT2D eigenvalue weighted by Gasteiger charge is -2.42. The standard InChI is InChI=1S/C14H26N2O3/c1-15-14(13(17)18-2)6-3-5-12(11-14)16-7-4-9-19-10-8-16/h12,15H,3-11H2,1-2H3. The molecule has 1 saturated carbocycles. The predicted molar refractivity (Wildman–Crippen MR) is 73.1 cm³/mol. The molecular weight excluding hydrogens is 244 g/mol. The highest BCUT2D eigenvalue weighted by Crippen LogP contribution is 2.32. The Labute approximate surface area is 115 Å². The van der Waals surface area contributed by atoms with Gasteiger partial charge in [-0.25, -0.2) is 0 Å². The van der Waals surface area contributed by atoms with Crippen LogP contribution in [-0.2, 0) is 14.3 Å². The Morgan fingerprint density at radius 3 is 2.95 bits per heavy atom. The molecule has 1 saturated heterocycles. The molecule has 5 heteroatoms. The lowest BCUT2D eigenvalue weighted by Crippen LogP contribution is -2.57. The van der Waals surface area contributed by atoms with Crippen LogP contribution in [0.4, 0.5) is 0 Å². The largest absolute Gasteiger partial charge is 0.468 e. The Morgan fingerprint density at radius 1 is 1.37 bits per heavy atom. The van der Waals surface area contributed by atoms with Gasteiger partial charge in [0.15, 0.2) is 0 Å². The predicted octanol–water partition coefficient (Wildman–Crippen LogP) is 0.782. The van der Waals surface area contributed by atoms with E-state index in [1.807, 2.05) is 7.05 Å². The maximum Gasteiger partial charge on any atom is 0.326 e. The Bertz CT molecular complexity index is 303. The second-order valence-corrected chi connectivity index (χ2v) is 5.58. The molecule has 19 heavy (non-hydrogen) atoms. The van der Waals surface area contributed by atoms with E-state index < -0.39 is 5.54 Å². The molecular formula is C14H26N2O3. The van der Waals surface area contributed by atoms with Crippen LogP contribution < -0.4 is 5.32 Å². The van der Waals surface area contributed by atoms with Crippen molar-refractivity contribution in [3.63, 3.8) is 0 Å². The van der Waals surface area contributed by atoms with Crippen molar-refractivity contribution in [1.29, 1.82) is 0 Å². The average molecular weight is 270 g/mol. The fourth-order valence-electron chi connectivity index (χ4n) is 3.40. The molecule has 0 aromatic carbocycles. The van der Waals surface area contributed by atoms with E-state index in [-0.39, 0.29) is 5.97 Å². The summed E-state index contributed by atoms with van der Waals surface area (Å²) in [6.07, 6.45) is 5.03. The van der Waals surface area contributed by atoms with Crippen molar-refractivity contribution in [2.24, 2.45) is 0 Å². The first-order valence-corrected chi connectivity index (χ1v) is 7.31. The van der Waals surface area contributed by atoms with Crippen LogP contribution in [0.1, 0.15) is 32.1 Å². The number of nitrogens with one attached hydrogen (secondary N) is 1. The van der Waals surface area contributed by atoms with E-state index in [1.165, 1.54) is 13.5 Å². The van der Waals surface area contributed by atoms with Gasteiger partial charge in [0.05, 0.1) is 13.7 Å². The van der Waals surface area contributed by atoms with Crippen molar-refractivity contribution in [3.8, 4) is 0 Å². The number of methoxy groups -OCH3 is 1. The maximum absolute atomic E-state index is 12.1. The van der Waals surface area contributed by atoms with Crippen LogP contribution in [0.25, 0.3) is 0 Å². The minimum Gasteiger partial charge on any atom is -0.468 e. The molecule has 0 aromatic heterocycles. The molecule has 2 unspecified atom stereocenters. The Morgan fingerprint density at radius 2 is 2.21 bits per heavy atom. The number of ether oxygens (including phenoxy) is 2. The lowest BCUT2D eigenvalue weighted by atomic mass is 9.78. The third kappa shape index (κ3) is 3.27.